The van der Waals surface area contributed by atoms with Crippen molar-refractivity contribution in [3.8, 4) is 11.4 Å². The second-order valence-electron chi connectivity index (χ2n) is 5.86. The van der Waals surface area contributed by atoms with E-state index < -0.39 is 0 Å². The van der Waals surface area contributed by atoms with Crippen molar-refractivity contribution in [2.45, 2.75) is 16.6 Å². The average Bonchev–Trinajstić information content (AvgIpc) is 3.38. The van der Waals surface area contributed by atoms with Gasteiger partial charge in [0.2, 0.25) is 0 Å². The molecule has 0 bridgehead atoms. The molecule has 0 atom stereocenters. The number of aromatic nitrogens is 4. The Morgan fingerprint density at radius 3 is 2.57 bits per heavy atom. The first-order valence-electron chi connectivity index (χ1n) is 8.67. The fourth-order valence-electron chi connectivity index (χ4n) is 2.63. The van der Waals surface area contributed by atoms with Crippen LogP contribution in [0.5, 0.6) is 0 Å². The molecule has 0 N–H and O–H groups in total. The molecular weight excluding hydrogens is 395 g/mol. The summed E-state index contributed by atoms with van der Waals surface area (Å²) in [5, 5.41) is 9.58. The summed E-state index contributed by atoms with van der Waals surface area (Å²) >= 11 is 3.33. The number of hydrogen-bond acceptors (Lipinski definition) is 6. The van der Waals surface area contributed by atoms with E-state index in [-0.39, 0.29) is 5.82 Å². The van der Waals surface area contributed by atoms with Gasteiger partial charge in [0.25, 0.3) is 0 Å². The van der Waals surface area contributed by atoms with Crippen LogP contribution in [-0.2, 0) is 6.54 Å². The van der Waals surface area contributed by atoms with E-state index in [1.54, 1.807) is 54.3 Å². The van der Waals surface area contributed by atoms with Gasteiger partial charge in [-0.05, 0) is 48.5 Å². The van der Waals surface area contributed by atoms with E-state index in [0.717, 1.165) is 38.7 Å². The zero-order valence-electron chi connectivity index (χ0n) is 14.9. The molecule has 0 aliphatic rings. The van der Waals surface area contributed by atoms with Gasteiger partial charge >= 0.3 is 0 Å². The molecule has 0 saturated heterocycles. The standard InChI is InChI=1S/C20H17FN4OS2/c21-16-5-7-18(8-6-16)27-11-12-28-20-24-23-19(15-3-1-9-22-13-15)25(20)14-17-4-2-10-26-17/h1-10,13H,11-12,14H2. The van der Waals surface area contributed by atoms with E-state index >= 15 is 0 Å². The SMILES string of the molecule is Fc1ccc(SCCSc2nnc(-c3cccnc3)n2Cc2ccco2)cc1. The molecule has 28 heavy (non-hydrogen) atoms. The highest BCUT2D eigenvalue weighted by Gasteiger charge is 2.16. The number of hydrogen-bond donors (Lipinski definition) is 0. The van der Waals surface area contributed by atoms with Gasteiger partial charge < -0.3 is 4.42 Å². The quantitative estimate of drug-likeness (QED) is 0.300. The molecule has 4 aromatic rings. The Morgan fingerprint density at radius 1 is 0.964 bits per heavy atom. The summed E-state index contributed by atoms with van der Waals surface area (Å²) in [5.41, 5.74) is 0.911. The Morgan fingerprint density at radius 2 is 1.82 bits per heavy atom. The highest BCUT2D eigenvalue weighted by molar-refractivity contribution is 8.02. The number of benzene rings is 1. The Labute approximate surface area is 170 Å². The number of furan rings is 1. The third kappa shape index (κ3) is 4.63. The molecule has 0 aliphatic heterocycles. The largest absolute Gasteiger partial charge is 0.467 e. The van der Waals surface area contributed by atoms with Crippen molar-refractivity contribution in [2.24, 2.45) is 0 Å². The molecule has 0 spiro atoms. The summed E-state index contributed by atoms with van der Waals surface area (Å²) in [7, 11) is 0. The zero-order chi connectivity index (χ0) is 19.2. The maximum Gasteiger partial charge on any atom is 0.191 e. The van der Waals surface area contributed by atoms with E-state index in [9.17, 15) is 4.39 Å². The molecule has 142 valence electrons. The van der Waals surface area contributed by atoms with Crippen molar-refractivity contribution in [2.75, 3.05) is 11.5 Å². The molecule has 0 aliphatic carbocycles. The first-order chi connectivity index (χ1) is 13.8. The molecule has 3 aromatic heterocycles. The zero-order valence-corrected chi connectivity index (χ0v) is 16.5. The van der Waals surface area contributed by atoms with Crippen LogP contribution in [0.25, 0.3) is 11.4 Å². The Kier molecular flexibility index (Phi) is 6.08. The van der Waals surface area contributed by atoms with Crippen LogP contribution < -0.4 is 0 Å². The van der Waals surface area contributed by atoms with Gasteiger partial charge in [-0.2, -0.15) is 0 Å². The molecule has 0 saturated carbocycles. The average molecular weight is 413 g/mol. The molecule has 0 radical (unpaired) electrons. The first-order valence-corrected chi connectivity index (χ1v) is 10.6. The van der Waals surface area contributed by atoms with E-state index in [4.69, 9.17) is 4.42 Å². The summed E-state index contributed by atoms with van der Waals surface area (Å²) in [6.45, 7) is 0.553. The third-order valence-corrected chi connectivity index (χ3v) is 6.17. The predicted octanol–water partition coefficient (Wildman–Crippen LogP) is 5.00. The second kappa shape index (κ2) is 9.07. The van der Waals surface area contributed by atoms with Crippen LogP contribution in [0.15, 0.2) is 81.7 Å². The van der Waals surface area contributed by atoms with Crippen LogP contribution in [-0.4, -0.2) is 31.3 Å². The van der Waals surface area contributed by atoms with Gasteiger partial charge in [-0.3, -0.25) is 9.55 Å². The molecular formula is C20H17FN4OS2. The van der Waals surface area contributed by atoms with Gasteiger partial charge in [-0.1, -0.05) is 11.8 Å². The molecule has 4 rings (SSSR count). The van der Waals surface area contributed by atoms with Crippen LogP contribution in [0.4, 0.5) is 4.39 Å². The number of pyridine rings is 1. The molecule has 0 unspecified atom stereocenters. The molecule has 5 nitrogen and oxygen atoms in total. The Balaban J connectivity index is 1.46. The van der Waals surface area contributed by atoms with Crippen molar-refractivity contribution in [1.82, 2.24) is 19.7 Å². The van der Waals surface area contributed by atoms with Crippen LogP contribution >= 0.6 is 23.5 Å². The number of thioether (sulfide) groups is 2. The molecule has 8 heteroatoms. The summed E-state index contributed by atoms with van der Waals surface area (Å²) in [4.78, 5) is 5.23. The van der Waals surface area contributed by atoms with E-state index in [2.05, 4.69) is 15.2 Å². The van der Waals surface area contributed by atoms with Gasteiger partial charge in [-0.15, -0.1) is 22.0 Å². The number of nitrogens with zero attached hydrogens (tertiary/aromatic N) is 4. The molecule has 0 fully saturated rings. The highest BCUT2D eigenvalue weighted by atomic mass is 32.2. The number of rotatable bonds is 8. The lowest BCUT2D eigenvalue weighted by molar-refractivity contribution is 0.485. The van der Waals surface area contributed by atoms with Crippen molar-refractivity contribution in [1.29, 1.82) is 0 Å². The summed E-state index contributed by atoms with van der Waals surface area (Å²) in [5.74, 6) is 3.12. The first kappa shape index (κ1) is 18.8. The normalized spacial score (nSPS) is 11.0. The predicted molar refractivity (Wildman–Crippen MR) is 109 cm³/mol. The molecule has 0 amide bonds. The minimum absolute atomic E-state index is 0.215. The van der Waals surface area contributed by atoms with Crippen LogP contribution in [0.1, 0.15) is 5.76 Å². The van der Waals surface area contributed by atoms with Crippen molar-refractivity contribution in [3.05, 3.63) is 78.8 Å². The van der Waals surface area contributed by atoms with Gasteiger partial charge in [0.1, 0.15) is 11.6 Å². The maximum atomic E-state index is 13.0. The third-order valence-electron chi connectivity index (χ3n) is 3.93. The molecule has 1 aromatic carbocycles. The number of halogens is 1. The smallest absolute Gasteiger partial charge is 0.191 e. The fourth-order valence-corrected chi connectivity index (χ4v) is 4.45. The molecule has 3 heterocycles. The Hall–Kier alpha value is -2.58. The van der Waals surface area contributed by atoms with E-state index in [1.807, 2.05) is 28.8 Å². The summed E-state index contributed by atoms with van der Waals surface area (Å²) in [6.07, 6.45) is 5.18. The minimum atomic E-state index is -0.215. The lowest BCUT2D eigenvalue weighted by Gasteiger charge is -2.08. The van der Waals surface area contributed by atoms with Crippen molar-refractivity contribution >= 4 is 23.5 Å². The van der Waals surface area contributed by atoms with Gasteiger partial charge in [0.05, 0.1) is 12.8 Å². The van der Waals surface area contributed by atoms with E-state index in [1.165, 1.54) is 12.1 Å². The van der Waals surface area contributed by atoms with Crippen LogP contribution in [0, 0.1) is 5.82 Å². The monoisotopic (exact) mass is 412 g/mol. The van der Waals surface area contributed by atoms with Gasteiger partial charge in [-0.25, -0.2) is 4.39 Å². The summed E-state index contributed by atoms with van der Waals surface area (Å²) < 4.78 is 20.5. The topological polar surface area (TPSA) is 56.7 Å². The van der Waals surface area contributed by atoms with Crippen LogP contribution in [0.2, 0.25) is 0 Å². The van der Waals surface area contributed by atoms with Gasteiger partial charge in [0.15, 0.2) is 11.0 Å². The maximum absolute atomic E-state index is 13.0. The second-order valence-corrected chi connectivity index (χ2v) is 8.09. The fraction of sp³-hybridized carbons (Fsp3) is 0.150. The van der Waals surface area contributed by atoms with Crippen molar-refractivity contribution < 1.29 is 8.81 Å². The summed E-state index contributed by atoms with van der Waals surface area (Å²) in [6, 6.07) is 14.2. The Bertz CT molecular complexity index is 1000. The lowest BCUT2D eigenvalue weighted by atomic mass is 10.2. The van der Waals surface area contributed by atoms with Crippen LogP contribution in [0.3, 0.4) is 0 Å². The van der Waals surface area contributed by atoms with Crippen molar-refractivity contribution in [3.63, 3.8) is 0 Å². The van der Waals surface area contributed by atoms with Gasteiger partial charge in [0, 0.05) is 34.4 Å². The van der Waals surface area contributed by atoms with E-state index in [0.29, 0.717) is 6.54 Å². The minimum Gasteiger partial charge on any atom is -0.467 e. The lowest BCUT2D eigenvalue weighted by Crippen LogP contribution is -2.04. The highest BCUT2D eigenvalue weighted by Crippen LogP contribution is 2.26.